The van der Waals surface area contributed by atoms with Crippen molar-refractivity contribution in [1.29, 1.82) is 0 Å². The number of hydrogen-bond donors (Lipinski definition) is 0. The maximum atomic E-state index is 11.6. The Kier molecular flexibility index (Phi) is 4.83. The molecule has 24 heavy (non-hydrogen) atoms. The molecule has 0 saturated carbocycles. The number of benzene rings is 1. The molecule has 130 valence electrons. The van der Waals surface area contributed by atoms with Gasteiger partial charge in [0.05, 0.1) is 12.9 Å². The van der Waals surface area contributed by atoms with E-state index >= 15 is 0 Å². The highest BCUT2D eigenvalue weighted by molar-refractivity contribution is 7.88. The molecule has 0 radical (unpaired) electrons. The van der Waals surface area contributed by atoms with Crippen LogP contribution in [0.5, 0.6) is 5.75 Å². The van der Waals surface area contributed by atoms with Gasteiger partial charge in [0.15, 0.2) is 6.61 Å². The molecule has 3 rings (SSSR count). The summed E-state index contributed by atoms with van der Waals surface area (Å²) in [5, 5.41) is 7.87. The van der Waals surface area contributed by atoms with Crippen LogP contribution in [0.2, 0.25) is 0 Å². The first-order valence-electron chi connectivity index (χ1n) is 7.50. The lowest BCUT2D eigenvalue weighted by Gasteiger charge is -2.29. The lowest BCUT2D eigenvalue weighted by atomic mass is 10.2. The Hall–Kier alpha value is -1.97. The molecule has 0 spiro atoms. The van der Waals surface area contributed by atoms with Gasteiger partial charge in [0.2, 0.25) is 15.9 Å². The van der Waals surface area contributed by atoms with Crippen LogP contribution in [0.3, 0.4) is 0 Å². The standard InChI is InChI=1S/C15H19N3O5S/c1-11-4-3-5-12(8-11)22-10-14-16-17-15(23-14)13-9-18(6-7-21-13)24(2,19)20/h3-5,8,13H,6-7,9-10H2,1-2H3. The fourth-order valence-electron chi connectivity index (χ4n) is 2.38. The first kappa shape index (κ1) is 16.9. The predicted octanol–water partition coefficient (Wildman–Crippen LogP) is 1.29. The number of aromatic nitrogens is 2. The smallest absolute Gasteiger partial charge is 0.254 e. The molecule has 1 atom stereocenters. The summed E-state index contributed by atoms with van der Waals surface area (Å²) in [5.41, 5.74) is 1.09. The monoisotopic (exact) mass is 353 g/mol. The van der Waals surface area contributed by atoms with Crippen LogP contribution in [0.25, 0.3) is 0 Å². The van der Waals surface area contributed by atoms with Gasteiger partial charge in [-0.15, -0.1) is 10.2 Å². The number of rotatable bonds is 5. The van der Waals surface area contributed by atoms with Gasteiger partial charge in [0.25, 0.3) is 5.89 Å². The minimum atomic E-state index is -3.27. The second kappa shape index (κ2) is 6.88. The molecule has 0 bridgehead atoms. The summed E-state index contributed by atoms with van der Waals surface area (Å²) in [6.45, 7) is 2.89. The van der Waals surface area contributed by atoms with E-state index in [2.05, 4.69) is 10.2 Å². The van der Waals surface area contributed by atoms with Crippen LogP contribution in [-0.4, -0.2) is 48.9 Å². The van der Waals surface area contributed by atoms with Gasteiger partial charge in [-0.3, -0.25) is 0 Å². The largest absolute Gasteiger partial charge is 0.484 e. The van der Waals surface area contributed by atoms with Crippen molar-refractivity contribution in [2.75, 3.05) is 26.0 Å². The van der Waals surface area contributed by atoms with Gasteiger partial charge < -0.3 is 13.9 Å². The van der Waals surface area contributed by atoms with E-state index in [1.54, 1.807) is 0 Å². The quantitative estimate of drug-likeness (QED) is 0.799. The van der Waals surface area contributed by atoms with Crippen molar-refractivity contribution in [3.8, 4) is 5.75 Å². The van der Waals surface area contributed by atoms with Gasteiger partial charge in [-0.1, -0.05) is 12.1 Å². The molecule has 1 fully saturated rings. The number of aryl methyl sites for hydroxylation is 1. The van der Waals surface area contributed by atoms with E-state index in [-0.39, 0.29) is 25.6 Å². The molecule has 1 aromatic carbocycles. The highest BCUT2D eigenvalue weighted by Crippen LogP contribution is 2.23. The van der Waals surface area contributed by atoms with Gasteiger partial charge in [0, 0.05) is 13.1 Å². The minimum absolute atomic E-state index is 0.138. The van der Waals surface area contributed by atoms with Gasteiger partial charge in [0.1, 0.15) is 11.9 Å². The summed E-state index contributed by atoms with van der Waals surface area (Å²) in [5.74, 6) is 1.28. The van der Waals surface area contributed by atoms with E-state index in [4.69, 9.17) is 13.9 Å². The molecule has 1 aliphatic heterocycles. The Labute approximate surface area is 140 Å². The molecule has 2 aromatic rings. The highest BCUT2D eigenvalue weighted by Gasteiger charge is 2.30. The SMILES string of the molecule is Cc1cccc(OCc2nnc(C3CN(S(C)(=O)=O)CCO3)o2)c1. The third-order valence-corrected chi connectivity index (χ3v) is 4.88. The van der Waals surface area contributed by atoms with E-state index in [1.807, 2.05) is 31.2 Å². The minimum Gasteiger partial charge on any atom is -0.484 e. The Morgan fingerprint density at radius 1 is 1.38 bits per heavy atom. The maximum Gasteiger partial charge on any atom is 0.254 e. The van der Waals surface area contributed by atoms with Crippen LogP contribution < -0.4 is 4.74 Å². The molecule has 1 unspecified atom stereocenters. The average molecular weight is 353 g/mol. The molecule has 0 aliphatic carbocycles. The summed E-state index contributed by atoms with van der Waals surface area (Å²) in [6.07, 6.45) is 0.610. The molecule has 1 aliphatic rings. The van der Waals surface area contributed by atoms with E-state index in [1.165, 1.54) is 10.6 Å². The molecule has 1 saturated heterocycles. The zero-order valence-electron chi connectivity index (χ0n) is 13.5. The summed E-state index contributed by atoms with van der Waals surface area (Å²) >= 11 is 0. The van der Waals surface area contributed by atoms with Crippen molar-refractivity contribution in [2.45, 2.75) is 19.6 Å². The zero-order chi connectivity index (χ0) is 17.2. The lowest BCUT2D eigenvalue weighted by Crippen LogP contribution is -2.41. The van der Waals surface area contributed by atoms with Crippen molar-refractivity contribution in [3.05, 3.63) is 41.6 Å². The van der Waals surface area contributed by atoms with E-state index in [0.717, 1.165) is 5.56 Å². The van der Waals surface area contributed by atoms with Crippen LogP contribution in [-0.2, 0) is 21.4 Å². The summed E-state index contributed by atoms with van der Waals surface area (Å²) < 4.78 is 41.3. The van der Waals surface area contributed by atoms with Crippen LogP contribution in [0.15, 0.2) is 28.7 Å². The second-order valence-corrected chi connectivity index (χ2v) is 7.60. The summed E-state index contributed by atoms with van der Waals surface area (Å²) in [4.78, 5) is 0. The van der Waals surface area contributed by atoms with E-state index in [0.29, 0.717) is 18.2 Å². The van der Waals surface area contributed by atoms with Crippen LogP contribution in [0.1, 0.15) is 23.4 Å². The molecule has 1 aromatic heterocycles. The Morgan fingerprint density at radius 2 is 2.21 bits per heavy atom. The lowest BCUT2D eigenvalue weighted by molar-refractivity contribution is -0.0180. The number of hydrogen-bond acceptors (Lipinski definition) is 7. The Bertz CT molecular complexity index is 805. The molecular weight excluding hydrogens is 334 g/mol. The summed E-state index contributed by atoms with van der Waals surface area (Å²) in [7, 11) is -3.27. The van der Waals surface area contributed by atoms with Crippen LogP contribution >= 0.6 is 0 Å². The van der Waals surface area contributed by atoms with Gasteiger partial charge in [-0.2, -0.15) is 4.31 Å². The first-order valence-corrected chi connectivity index (χ1v) is 9.35. The van der Waals surface area contributed by atoms with Gasteiger partial charge in [-0.05, 0) is 24.6 Å². The number of nitrogens with zero attached hydrogens (tertiary/aromatic N) is 3. The zero-order valence-corrected chi connectivity index (χ0v) is 14.3. The van der Waals surface area contributed by atoms with E-state index in [9.17, 15) is 8.42 Å². The molecule has 8 nitrogen and oxygen atoms in total. The fourth-order valence-corrected chi connectivity index (χ4v) is 3.19. The fraction of sp³-hybridized carbons (Fsp3) is 0.467. The van der Waals surface area contributed by atoms with Crippen LogP contribution in [0.4, 0.5) is 0 Å². The van der Waals surface area contributed by atoms with Crippen molar-refractivity contribution < 1.29 is 22.3 Å². The number of ether oxygens (including phenoxy) is 2. The van der Waals surface area contributed by atoms with Crippen molar-refractivity contribution in [2.24, 2.45) is 0 Å². The molecule has 9 heteroatoms. The molecule has 0 amide bonds. The predicted molar refractivity (Wildman–Crippen MR) is 84.9 cm³/mol. The van der Waals surface area contributed by atoms with E-state index < -0.39 is 16.1 Å². The van der Waals surface area contributed by atoms with Gasteiger partial charge in [-0.25, -0.2) is 8.42 Å². The normalized spacial score (nSPS) is 19.3. The van der Waals surface area contributed by atoms with Gasteiger partial charge >= 0.3 is 0 Å². The second-order valence-electron chi connectivity index (χ2n) is 5.62. The number of morpholine rings is 1. The molecule has 0 N–H and O–H groups in total. The number of sulfonamides is 1. The van der Waals surface area contributed by atoms with Crippen molar-refractivity contribution in [1.82, 2.24) is 14.5 Å². The Morgan fingerprint density at radius 3 is 2.96 bits per heavy atom. The average Bonchev–Trinajstić information content (AvgIpc) is 3.01. The molecular formula is C15H19N3O5S. The maximum absolute atomic E-state index is 11.6. The first-order chi connectivity index (χ1) is 11.4. The summed E-state index contributed by atoms with van der Waals surface area (Å²) in [6, 6.07) is 7.63. The molecule has 2 heterocycles. The van der Waals surface area contributed by atoms with Crippen molar-refractivity contribution >= 4 is 10.0 Å². The highest BCUT2D eigenvalue weighted by atomic mass is 32.2. The van der Waals surface area contributed by atoms with Crippen molar-refractivity contribution in [3.63, 3.8) is 0 Å². The third kappa shape index (κ3) is 4.11. The third-order valence-electron chi connectivity index (χ3n) is 3.61. The van der Waals surface area contributed by atoms with Crippen LogP contribution in [0, 0.1) is 6.92 Å². The topological polar surface area (TPSA) is 94.8 Å². The Balaban J connectivity index is 1.63.